The third kappa shape index (κ3) is 1.99. The Balaban J connectivity index is 2.30. The van der Waals surface area contributed by atoms with Gasteiger partial charge in [0.15, 0.2) is 0 Å². The maximum Gasteiger partial charge on any atom is 0.130 e. The van der Waals surface area contributed by atoms with Crippen molar-refractivity contribution in [2.75, 3.05) is 0 Å². The lowest BCUT2D eigenvalue weighted by atomic mass is 9.92. The van der Waals surface area contributed by atoms with Crippen LogP contribution in [0.25, 0.3) is 5.57 Å². The van der Waals surface area contributed by atoms with Crippen molar-refractivity contribution in [1.29, 1.82) is 0 Å². The summed E-state index contributed by atoms with van der Waals surface area (Å²) in [7, 11) is 0. The highest BCUT2D eigenvalue weighted by molar-refractivity contribution is 5.72. The Morgan fingerprint density at radius 2 is 2.20 bits per heavy atom. The second kappa shape index (κ2) is 4.39. The molecule has 1 atom stereocenters. The van der Waals surface area contributed by atoms with Crippen LogP contribution in [-0.2, 0) is 4.79 Å². The van der Waals surface area contributed by atoms with Gasteiger partial charge < -0.3 is 4.79 Å². The molecule has 0 aliphatic heterocycles. The van der Waals surface area contributed by atoms with Gasteiger partial charge >= 0.3 is 0 Å². The zero-order valence-corrected chi connectivity index (χ0v) is 8.45. The van der Waals surface area contributed by atoms with E-state index in [1.165, 1.54) is 6.07 Å². The van der Waals surface area contributed by atoms with Crippen molar-refractivity contribution < 1.29 is 9.18 Å². The summed E-state index contributed by atoms with van der Waals surface area (Å²) in [6, 6.07) is 6.76. The van der Waals surface area contributed by atoms with Gasteiger partial charge in [-0.25, -0.2) is 4.39 Å². The van der Waals surface area contributed by atoms with Crippen LogP contribution in [0.2, 0.25) is 0 Å². The van der Waals surface area contributed by atoms with Crippen molar-refractivity contribution in [1.82, 2.24) is 0 Å². The summed E-state index contributed by atoms with van der Waals surface area (Å²) in [6.45, 7) is 0. The van der Waals surface area contributed by atoms with Gasteiger partial charge in [-0.3, -0.25) is 0 Å². The van der Waals surface area contributed by atoms with Crippen molar-refractivity contribution in [3.63, 3.8) is 0 Å². The molecule has 2 heteroatoms. The van der Waals surface area contributed by atoms with Gasteiger partial charge in [-0.15, -0.1) is 0 Å². The first-order valence-electron chi connectivity index (χ1n) is 5.21. The van der Waals surface area contributed by atoms with E-state index in [0.29, 0.717) is 12.0 Å². The number of benzene rings is 1. The van der Waals surface area contributed by atoms with E-state index in [1.54, 1.807) is 12.1 Å². The lowest BCUT2D eigenvalue weighted by Crippen LogP contribution is -2.01. The normalized spacial score (nSPS) is 20.1. The van der Waals surface area contributed by atoms with Gasteiger partial charge in [0.1, 0.15) is 12.1 Å². The van der Waals surface area contributed by atoms with E-state index in [9.17, 15) is 9.18 Å². The molecule has 1 nitrogen and oxygen atoms in total. The Morgan fingerprint density at radius 3 is 2.93 bits per heavy atom. The fraction of sp³-hybridized carbons (Fsp3) is 0.308. The molecule has 1 aliphatic carbocycles. The molecule has 0 heterocycles. The quantitative estimate of drug-likeness (QED) is 0.691. The number of allylic oxidation sites excluding steroid dienone is 2. The van der Waals surface area contributed by atoms with Crippen LogP contribution < -0.4 is 0 Å². The van der Waals surface area contributed by atoms with Crippen LogP contribution >= 0.6 is 0 Å². The Labute approximate surface area is 88.6 Å². The second-order valence-electron chi connectivity index (χ2n) is 3.82. The van der Waals surface area contributed by atoms with Crippen LogP contribution in [0.5, 0.6) is 0 Å². The van der Waals surface area contributed by atoms with Crippen LogP contribution in [0, 0.1) is 11.7 Å². The molecule has 1 aromatic carbocycles. The summed E-state index contributed by atoms with van der Waals surface area (Å²) in [5, 5.41) is 0. The SMILES string of the molecule is O=CC[C@H]1CCC=C1c1ccccc1F. The molecule has 0 saturated heterocycles. The highest BCUT2D eigenvalue weighted by Gasteiger charge is 2.21. The minimum absolute atomic E-state index is 0.193. The van der Waals surface area contributed by atoms with E-state index < -0.39 is 0 Å². The molecule has 0 N–H and O–H groups in total. The first kappa shape index (κ1) is 10.1. The van der Waals surface area contributed by atoms with Crippen LogP contribution in [0.1, 0.15) is 24.8 Å². The second-order valence-corrected chi connectivity index (χ2v) is 3.82. The minimum Gasteiger partial charge on any atom is -0.303 e. The number of carbonyl (C=O) groups excluding carboxylic acids is 1. The summed E-state index contributed by atoms with van der Waals surface area (Å²) in [5.74, 6) is 0.0148. The van der Waals surface area contributed by atoms with Gasteiger partial charge in [0.2, 0.25) is 0 Å². The molecule has 0 fully saturated rings. The van der Waals surface area contributed by atoms with Crippen molar-refractivity contribution in [3.8, 4) is 0 Å². The van der Waals surface area contributed by atoms with Crippen LogP contribution in [0.3, 0.4) is 0 Å². The number of hydrogen-bond acceptors (Lipinski definition) is 1. The van der Waals surface area contributed by atoms with E-state index in [4.69, 9.17) is 0 Å². The van der Waals surface area contributed by atoms with Gasteiger partial charge in [0.25, 0.3) is 0 Å². The third-order valence-corrected chi connectivity index (χ3v) is 2.88. The molecule has 78 valence electrons. The summed E-state index contributed by atoms with van der Waals surface area (Å²) in [4.78, 5) is 10.5. The Bertz CT molecular complexity index is 395. The Hall–Kier alpha value is -1.44. The largest absolute Gasteiger partial charge is 0.303 e. The molecule has 0 saturated carbocycles. The van der Waals surface area contributed by atoms with E-state index in [2.05, 4.69) is 0 Å². The predicted molar refractivity (Wildman–Crippen MR) is 57.8 cm³/mol. The third-order valence-electron chi connectivity index (χ3n) is 2.88. The van der Waals surface area contributed by atoms with E-state index in [0.717, 1.165) is 24.7 Å². The van der Waals surface area contributed by atoms with Gasteiger partial charge in [0.05, 0.1) is 0 Å². The molecule has 0 amide bonds. The zero-order valence-electron chi connectivity index (χ0n) is 8.45. The molecule has 0 unspecified atom stereocenters. The fourth-order valence-corrected chi connectivity index (χ4v) is 2.15. The number of carbonyl (C=O) groups is 1. The maximum atomic E-state index is 13.5. The molecule has 1 aromatic rings. The molecular formula is C13H13FO. The average molecular weight is 204 g/mol. The van der Waals surface area contributed by atoms with Crippen molar-refractivity contribution in [2.24, 2.45) is 5.92 Å². The minimum atomic E-state index is -0.193. The summed E-state index contributed by atoms with van der Waals surface area (Å²) in [5.41, 5.74) is 1.65. The lowest BCUT2D eigenvalue weighted by Gasteiger charge is -2.12. The van der Waals surface area contributed by atoms with Gasteiger partial charge in [0, 0.05) is 12.0 Å². The summed E-state index contributed by atoms with van der Waals surface area (Å²) < 4.78 is 13.5. The summed E-state index contributed by atoms with van der Waals surface area (Å²) >= 11 is 0. The van der Waals surface area contributed by atoms with Gasteiger partial charge in [-0.05, 0) is 30.4 Å². The topological polar surface area (TPSA) is 17.1 Å². The molecular weight excluding hydrogens is 191 g/mol. The molecule has 0 radical (unpaired) electrons. The highest BCUT2D eigenvalue weighted by atomic mass is 19.1. The predicted octanol–water partition coefficient (Wildman–Crippen LogP) is 3.21. The molecule has 2 rings (SSSR count). The zero-order chi connectivity index (χ0) is 10.7. The van der Waals surface area contributed by atoms with Crippen molar-refractivity contribution in [3.05, 3.63) is 41.7 Å². The fourth-order valence-electron chi connectivity index (χ4n) is 2.15. The van der Waals surface area contributed by atoms with Crippen molar-refractivity contribution in [2.45, 2.75) is 19.3 Å². The van der Waals surface area contributed by atoms with Gasteiger partial charge in [-0.1, -0.05) is 24.3 Å². The number of hydrogen-bond donors (Lipinski definition) is 0. The highest BCUT2D eigenvalue weighted by Crippen LogP contribution is 2.36. The lowest BCUT2D eigenvalue weighted by molar-refractivity contribution is -0.108. The van der Waals surface area contributed by atoms with Crippen LogP contribution in [-0.4, -0.2) is 6.29 Å². The molecule has 15 heavy (non-hydrogen) atoms. The average Bonchev–Trinajstić information content (AvgIpc) is 2.67. The van der Waals surface area contributed by atoms with Gasteiger partial charge in [-0.2, -0.15) is 0 Å². The number of rotatable bonds is 3. The van der Waals surface area contributed by atoms with E-state index in [1.807, 2.05) is 12.1 Å². The number of halogens is 1. The molecule has 0 aromatic heterocycles. The first-order valence-corrected chi connectivity index (χ1v) is 5.21. The Morgan fingerprint density at radius 1 is 1.40 bits per heavy atom. The smallest absolute Gasteiger partial charge is 0.130 e. The monoisotopic (exact) mass is 204 g/mol. The first-order chi connectivity index (χ1) is 7.33. The van der Waals surface area contributed by atoms with E-state index >= 15 is 0 Å². The van der Waals surface area contributed by atoms with Crippen LogP contribution in [0.4, 0.5) is 4.39 Å². The summed E-state index contributed by atoms with van der Waals surface area (Å²) in [6.07, 6.45) is 5.38. The van der Waals surface area contributed by atoms with E-state index in [-0.39, 0.29) is 11.7 Å². The molecule has 0 spiro atoms. The number of aldehydes is 1. The Kier molecular flexibility index (Phi) is 2.95. The molecule has 1 aliphatic rings. The molecule has 0 bridgehead atoms. The standard InChI is InChI=1S/C13H13FO/c14-13-7-2-1-5-12(13)11-6-3-4-10(11)8-9-15/h1-2,5-7,9-10H,3-4,8H2/t10-/m1/s1. The van der Waals surface area contributed by atoms with Crippen LogP contribution in [0.15, 0.2) is 30.3 Å². The maximum absolute atomic E-state index is 13.5. The van der Waals surface area contributed by atoms with Crippen molar-refractivity contribution >= 4 is 11.9 Å².